The third kappa shape index (κ3) is 5.04. The largest absolute Gasteiger partial charge is 0.467 e. The van der Waals surface area contributed by atoms with E-state index in [-0.39, 0.29) is 12.6 Å². The normalized spacial score (nSPS) is 10.9. The fraction of sp³-hybridized carbons (Fsp3) is 0.643. The monoisotopic (exact) mass is 269 g/mol. The van der Waals surface area contributed by atoms with Crippen molar-refractivity contribution in [3.05, 3.63) is 23.7 Å². The fourth-order valence-electron chi connectivity index (χ4n) is 1.95. The zero-order valence-corrected chi connectivity index (χ0v) is 11.7. The van der Waals surface area contributed by atoms with Crippen LogP contribution in [0.5, 0.6) is 0 Å². The predicted molar refractivity (Wildman–Crippen MR) is 71.9 cm³/mol. The molecular weight excluding hydrogens is 246 g/mol. The number of aliphatic hydroxyl groups excluding tert-OH is 1. The van der Waals surface area contributed by atoms with Crippen molar-refractivity contribution in [1.82, 2.24) is 4.90 Å². The molecule has 0 spiro atoms. The molecule has 0 unspecified atom stereocenters. The van der Waals surface area contributed by atoms with E-state index >= 15 is 0 Å². The van der Waals surface area contributed by atoms with E-state index < -0.39 is 0 Å². The zero-order chi connectivity index (χ0) is 14.1. The predicted octanol–water partition coefficient (Wildman–Crippen LogP) is 2.05. The fourth-order valence-corrected chi connectivity index (χ4v) is 1.95. The van der Waals surface area contributed by atoms with E-state index in [2.05, 4.69) is 11.8 Å². The molecule has 0 aliphatic rings. The van der Waals surface area contributed by atoms with Crippen LogP contribution < -0.4 is 0 Å². The summed E-state index contributed by atoms with van der Waals surface area (Å²) in [6.45, 7) is 4.22. The topological polar surface area (TPSA) is 62.9 Å². The van der Waals surface area contributed by atoms with Crippen LogP contribution in [-0.2, 0) is 11.3 Å². The minimum absolute atomic E-state index is 0.0976. The molecule has 5 heteroatoms. The molecule has 1 N–H and O–H groups in total. The Kier molecular flexibility index (Phi) is 7.22. The number of esters is 1. The van der Waals surface area contributed by atoms with Gasteiger partial charge in [-0.25, -0.2) is 4.79 Å². The highest BCUT2D eigenvalue weighted by Crippen LogP contribution is 2.15. The Bertz CT molecular complexity index is 375. The summed E-state index contributed by atoms with van der Waals surface area (Å²) in [6.07, 6.45) is 4.88. The van der Waals surface area contributed by atoms with Crippen LogP contribution in [0.15, 0.2) is 16.7 Å². The molecule has 0 atom stereocenters. The second-order valence-corrected chi connectivity index (χ2v) is 4.46. The molecule has 0 saturated carbocycles. The Labute approximate surface area is 114 Å². The number of aliphatic hydroxyl groups is 1. The summed E-state index contributed by atoms with van der Waals surface area (Å²) in [5.74, 6) is 0.207. The Balaban J connectivity index is 2.62. The van der Waals surface area contributed by atoms with E-state index in [1.807, 2.05) is 0 Å². The van der Waals surface area contributed by atoms with Crippen LogP contribution in [0.3, 0.4) is 0 Å². The Hall–Kier alpha value is -1.33. The number of carbonyl (C=O) groups excluding carboxylic acids is 1. The van der Waals surface area contributed by atoms with Crippen LogP contribution in [0.25, 0.3) is 0 Å². The van der Waals surface area contributed by atoms with Crippen molar-refractivity contribution in [1.29, 1.82) is 0 Å². The molecule has 5 nitrogen and oxygen atoms in total. The number of rotatable bonds is 9. The quantitative estimate of drug-likeness (QED) is 0.549. The Morgan fingerprint density at radius 2 is 2.21 bits per heavy atom. The lowest BCUT2D eigenvalue weighted by Gasteiger charge is -2.20. The third-order valence-electron chi connectivity index (χ3n) is 3.01. The maximum absolute atomic E-state index is 11.5. The van der Waals surface area contributed by atoms with Gasteiger partial charge in [0, 0.05) is 6.54 Å². The molecule has 0 saturated heterocycles. The summed E-state index contributed by atoms with van der Waals surface area (Å²) in [7, 11) is 1.35. The highest BCUT2D eigenvalue weighted by Gasteiger charge is 2.17. The number of furan rings is 1. The summed E-state index contributed by atoms with van der Waals surface area (Å²) in [6, 6.07) is 1.62. The van der Waals surface area contributed by atoms with E-state index in [0.29, 0.717) is 24.4 Å². The Morgan fingerprint density at radius 3 is 2.84 bits per heavy atom. The molecule has 0 radical (unpaired) electrons. The van der Waals surface area contributed by atoms with Gasteiger partial charge in [0.1, 0.15) is 11.3 Å². The second-order valence-electron chi connectivity index (χ2n) is 4.46. The Morgan fingerprint density at radius 1 is 1.42 bits per heavy atom. The van der Waals surface area contributed by atoms with E-state index in [4.69, 9.17) is 14.3 Å². The molecule has 108 valence electrons. The molecule has 1 aromatic heterocycles. The zero-order valence-electron chi connectivity index (χ0n) is 11.7. The van der Waals surface area contributed by atoms with Crippen LogP contribution >= 0.6 is 0 Å². The third-order valence-corrected chi connectivity index (χ3v) is 3.01. The summed E-state index contributed by atoms with van der Waals surface area (Å²) >= 11 is 0. The lowest BCUT2D eigenvalue weighted by Crippen LogP contribution is -2.28. The molecule has 0 bridgehead atoms. The molecule has 0 fully saturated rings. The molecule has 1 rings (SSSR count). The summed E-state index contributed by atoms with van der Waals surface area (Å²) in [5, 5.41) is 9.08. The van der Waals surface area contributed by atoms with E-state index in [0.717, 1.165) is 25.8 Å². The minimum Gasteiger partial charge on any atom is -0.467 e. The highest BCUT2D eigenvalue weighted by molar-refractivity contribution is 5.90. The first-order valence-electron chi connectivity index (χ1n) is 6.70. The molecular formula is C14H23NO4. The molecule has 1 aromatic rings. The van der Waals surface area contributed by atoms with Crippen molar-refractivity contribution in [2.24, 2.45) is 0 Å². The van der Waals surface area contributed by atoms with Crippen LogP contribution in [-0.4, -0.2) is 42.8 Å². The number of carbonyl (C=O) groups is 1. The van der Waals surface area contributed by atoms with E-state index in [1.165, 1.54) is 13.4 Å². The second kappa shape index (κ2) is 8.72. The van der Waals surface area contributed by atoms with Crippen LogP contribution in [0, 0.1) is 0 Å². The van der Waals surface area contributed by atoms with Gasteiger partial charge in [-0.05, 0) is 19.0 Å². The van der Waals surface area contributed by atoms with Gasteiger partial charge in [-0.3, -0.25) is 4.90 Å². The highest BCUT2D eigenvalue weighted by atomic mass is 16.5. The maximum Gasteiger partial charge on any atom is 0.341 e. The van der Waals surface area contributed by atoms with Crippen molar-refractivity contribution < 1.29 is 19.1 Å². The standard InChI is InChI=1S/C14H23NO4/c1-3-4-5-7-15(8-9-16)11-13-12(6-10-19-13)14(17)18-2/h6,10,16H,3-5,7-9,11H2,1-2H3. The number of unbranched alkanes of at least 4 members (excludes halogenated alkanes) is 2. The van der Waals surface area contributed by atoms with Gasteiger partial charge in [0.2, 0.25) is 0 Å². The van der Waals surface area contributed by atoms with Crippen molar-refractivity contribution in [2.75, 3.05) is 26.8 Å². The van der Waals surface area contributed by atoms with Crippen molar-refractivity contribution in [3.63, 3.8) is 0 Å². The van der Waals surface area contributed by atoms with Crippen molar-refractivity contribution in [3.8, 4) is 0 Å². The SMILES string of the molecule is CCCCCN(CCO)Cc1occc1C(=O)OC. The van der Waals surface area contributed by atoms with Crippen LogP contribution in [0.2, 0.25) is 0 Å². The maximum atomic E-state index is 11.5. The molecule has 19 heavy (non-hydrogen) atoms. The van der Waals surface area contributed by atoms with Crippen molar-refractivity contribution in [2.45, 2.75) is 32.7 Å². The molecule has 0 aromatic carbocycles. The molecule has 0 aliphatic heterocycles. The van der Waals surface area contributed by atoms with Gasteiger partial charge in [0.05, 0.1) is 26.5 Å². The first kappa shape index (κ1) is 15.7. The van der Waals surface area contributed by atoms with Gasteiger partial charge in [-0.1, -0.05) is 19.8 Å². The van der Waals surface area contributed by atoms with Gasteiger partial charge >= 0.3 is 5.97 Å². The molecule has 0 aliphatic carbocycles. The lowest BCUT2D eigenvalue weighted by molar-refractivity contribution is 0.0596. The number of ether oxygens (including phenoxy) is 1. The summed E-state index contributed by atoms with van der Waals surface area (Å²) < 4.78 is 10.1. The van der Waals surface area contributed by atoms with E-state index in [9.17, 15) is 4.79 Å². The summed E-state index contributed by atoms with van der Waals surface area (Å²) in [4.78, 5) is 13.6. The molecule has 1 heterocycles. The average Bonchev–Trinajstić information content (AvgIpc) is 2.86. The van der Waals surface area contributed by atoms with Crippen molar-refractivity contribution >= 4 is 5.97 Å². The van der Waals surface area contributed by atoms with Crippen LogP contribution in [0.4, 0.5) is 0 Å². The average molecular weight is 269 g/mol. The van der Waals surface area contributed by atoms with E-state index in [1.54, 1.807) is 6.07 Å². The number of hydrogen-bond donors (Lipinski definition) is 1. The number of nitrogens with zero attached hydrogens (tertiary/aromatic N) is 1. The smallest absolute Gasteiger partial charge is 0.341 e. The van der Waals surface area contributed by atoms with Gasteiger partial charge in [-0.15, -0.1) is 0 Å². The number of hydrogen-bond acceptors (Lipinski definition) is 5. The first-order valence-corrected chi connectivity index (χ1v) is 6.70. The lowest BCUT2D eigenvalue weighted by atomic mass is 10.2. The van der Waals surface area contributed by atoms with Gasteiger partial charge < -0.3 is 14.3 Å². The minimum atomic E-state index is -0.388. The summed E-state index contributed by atoms with van der Waals surface area (Å²) in [5.41, 5.74) is 0.459. The molecule has 0 amide bonds. The van der Waals surface area contributed by atoms with Gasteiger partial charge in [0.25, 0.3) is 0 Å². The van der Waals surface area contributed by atoms with Crippen LogP contribution in [0.1, 0.15) is 42.3 Å². The number of methoxy groups -OCH3 is 1. The van der Waals surface area contributed by atoms with Gasteiger partial charge in [0.15, 0.2) is 0 Å². The van der Waals surface area contributed by atoms with Gasteiger partial charge in [-0.2, -0.15) is 0 Å². The first-order chi connectivity index (χ1) is 9.22.